The molecule has 2 aromatic heterocycles. The van der Waals surface area contributed by atoms with Crippen LogP contribution in [0.5, 0.6) is 0 Å². The second kappa shape index (κ2) is 15.2. The lowest BCUT2D eigenvalue weighted by atomic mass is 9.46. The molecular weight excluding hydrogens is 940 g/mol. The summed E-state index contributed by atoms with van der Waals surface area (Å²) >= 11 is 1.99. The van der Waals surface area contributed by atoms with E-state index in [1.54, 1.807) is 0 Å². The molecule has 5 aliphatic rings. The van der Waals surface area contributed by atoms with Crippen molar-refractivity contribution in [3.63, 3.8) is 0 Å². The van der Waals surface area contributed by atoms with Gasteiger partial charge in [-0.3, -0.25) is 0 Å². The zero-order valence-corrected chi connectivity index (χ0v) is 48.9. The van der Waals surface area contributed by atoms with Crippen molar-refractivity contribution in [2.24, 2.45) is 0 Å². The Hall–Kier alpha value is -6.04. The molecule has 0 saturated heterocycles. The van der Waals surface area contributed by atoms with E-state index >= 15 is 0 Å². The summed E-state index contributed by atoms with van der Waals surface area (Å²) in [4.78, 5) is 5.47. The van der Waals surface area contributed by atoms with E-state index in [0.29, 0.717) is 0 Å². The summed E-state index contributed by atoms with van der Waals surface area (Å²) in [6, 6.07) is 46.3. The summed E-state index contributed by atoms with van der Waals surface area (Å²) < 4.78 is 10.0. The Morgan fingerprint density at radius 1 is 0.487 bits per heavy atom. The van der Waals surface area contributed by atoms with Gasteiger partial charge in [0.2, 0.25) is 0 Å². The summed E-state index contributed by atoms with van der Waals surface area (Å²) in [5.74, 6) is 0. The number of hydrogen-bond donors (Lipinski definition) is 0. The first kappa shape index (κ1) is 48.3. The number of para-hydroxylation sites is 1. The topological polar surface area (TPSA) is 19.6 Å². The number of nitrogens with zero attached hydrogens (tertiary/aromatic N) is 2. The molecule has 5 heteroatoms. The minimum absolute atomic E-state index is 0.0112. The molecule has 7 aromatic carbocycles. The minimum atomic E-state index is -0.227. The number of hydrogen-bond acceptors (Lipinski definition) is 4. The SMILES string of the molecule is CC(C)(C)c1ccc(N2B3c4sc5ccc(C(C)(C)C)cc5c4N(c4ccc5c(c4)C(C)(C)CCC5(C)C)c4cc5c(oc6ccccc65)c(c43)-c3cc4c(cc32)C(C)(C)c2cc3c(cc2-4)C(C)(C)CCC3(C)C)cc1. The van der Waals surface area contributed by atoms with Crippen LogP contribution in [-0.4, -0.2) is 6.85 Å². The smallest absolute Gasteiger partial charge is 0.343 e. The number of furan rings is 1. The van der Waals surface area contributed by atoms with Gasteiger partial charge in [-0.2, -0.15) is 0 Å². The summed E-state index contributed by atoms with van der Waals surface area (Å²) in [6.07, 6.45) is 4.72. The molecule has 0 N–H and O–H groups in total. The Morgan fingerprint density at radius 3 is 1.74 bits per heavy atom. The van der Waals surface area contributed by atoms with Crippen LogP contribution < -0.4 is 20.0 Å². The Kier molecular flexibility index (Phi) is 9.64. The second-order valence-corrected chi connectivity index (χ2v) is 30.2. The van der Waals surface area contributed by atoms with Gasteiger partial charge in [-0.25, -0.2) is 0 Å². The van der Waals surface area contributed by atoms with Crippen LogP contribution in [0.15, 0.2) is 120 Å². The number of anilines is 5. The number of thiophene rings is 1. The maximum atomic E-state index is 7.36. The van der Waals surface area contributed by atoms with Gasteiger partial charge in [0.25, 0.3) is 0 Å². The Balaban J connectivity index is 1.15. The molecule has 0 radical (unpaired) electrons. The molecule has 2 aliphatic heterocycles. The third-order valence-corrected chi connectivity index (χ3v) is 21.1. The monoisotopic (exact) mass is 1010 g/mol. The van der Waals surface area contributed by atoms with Gasteiger partial charge in [0, 0.05) is 64.9 Å². The van der Waals surface area contributed by atoms with Gasteiger partial charge in [-0.15, -0.1) is 11.3 Å². The highest BCUT2D eigenvalue weighted by Gasteiger charge is 2.51. The van der Waals surface area contributed by atoms with E-state index in [2.05, 4.69) is 236 Å². The number of fused-ring (bicyclic) bond motifs is 15. The second-order valence-electron chi connectivity index (χ2n) is 29.1. The van der Waals surface area contributed by atoms with E-state index in [1.807, 2.05) is 11.3 Å². The molecule has 0 amide bonds. The fraction of sp³-hybridized carbons (Fsp3) is 0.380. The van der Waals surface area contributed by atoms with Gasteiger partial charge in [0.1, 0.15) is 11.2 Å². The molecule has 14 rings (SSSR count). The van der Waals surface area contributed by atoms with Crippen molar-refractivity contribution in [1.29, 1.82) is 0 Å². The van der Waals surface area contributed by atoms with Gasteiger partial charge in [0.05, 0.1) is 5.69 Å². The average molecular weight is 1020 g/mol. The quantitative estimate of drug-likeness (QED) is 0.161. The van der Waals surface area contributed by atoms with Crippen LogP contribution >= 0.6 is 11.3 Å². The first-order chi connectivity index (χ1) is 35.7. The van der Waals surface area contributed by atoms with Crippen molar-refractivity contribution < 1.29 is 4.42 Å². The largest absolute Gasteiger partial charge is 0.455 e. The zero-order valence-electron chi connectivity index (χ0n) is 48.1. The molecular formula is C71H75BN2OS. The highest BCUT2D eigenvalue weighted by atomic mass is 32.1. The predicted octanol–water partition coefficient (Wildman–Crippen LogP) is 19.1. The third kappa shape index (κ3) is 6.60. The van der Waals surface area contributed by atoms with Crippen molar-refractivity contribution in [2.45, 2.75) is 174 Å². The van der Waals surface area contributed by atoms with Gasteiger partial charge in [-0.05, 0) is 186 Å². The highest BCUT2D eigenvalue weighted by Crippen LogP contribution is 2.60. The standard InChI is InChI=1S/C71H75BN2OS/c1-65(2,3)40-21-24-42(25-22-40)74-56-39-52-45(46-36-54-55(38-51(46)71(52,15)16)70(13,14)32-31-69(54,11)12)35-48(56)60-61-57(37-47-44-19-17-18-20-58(44)75-63(47)60)73(43-26-27-50-53(34-43)68(9,10)30-29-67(50,7)8)62-49-33-41(66(4,5)6)23-28-59(49)76-64(62)72(61)74/h17-28,33-39H,29-32H2,1-16H3. The molecule has 0 saturated carbocycles. The molecule has 0 unspecified atom stereocenters. The van der Waals surface area contributed by atoms with E-state index in [0.717, 1.165) is 23.0 Å². The fourth-order valence-electron chi connectivity index (χ4n) is 14.8. The van der Waals surface area contributed by atoms with Gasteiger partial charge < -0.3 is 14.1 Å². The summed E-state index contributed by atoms with van der Waals surface area (Å²) in [6.45, 7) is 38.6. The van der Waals surface area contributed by atoms with Crippen molar-refractivity contribution in [3.05, 3.63) is 160 Å². The fourth-order valence-corrected chi connectivity index (χ4v) is 16.1. The van der Waals surface area contributed by atoms with E-state index < -0.39 is 0 Å². The Bertz CT molecular complexity index is 4010. The van der Waals surface area contributed by atoms with Crippen LogP contribution in [0, 0.1) is 0 Å². The summed E-state index contributed by atoms with van der Waals surface area (Å²) in [7, 11) is 0. The molecule has 0 spiro atoms. The minimum Gasteiger partial charge on any atom is -0.455 e. The molecule has 384 valence electrons. The lowest BCUT2D eigenvalue weighted by Gasteiger charge is -2.46. The molecule has 0 atom stereocenters. The van der Waals surface area contributed by atoms with Crippen LogP contribution in [0.3, 0.4) is 0 Å². The Labute approximate surface area is 456 Å². The first-order valence-electron chi connectivity index (χ1n) is 28.4. The maximum absolute atomic E-state index is 7.36. The third-order valence-electron chi connectivity index (χ3n) is 19.9. The van der Waals surface area contributed by atoms with Crippen molar-refractivity contribution >= 4 is 88.9 Å². The molecule has 0 fully saturated rings. The predicted molar refractivity (Wildman–Crippen MR) is 328 cm³/mol. The van der Waals surface area contributed by atoms with Crippen LogP contribution in [0.1, 0.15) is 181 Å². The normalized spacial score (nSPS) is 19.0. The van der Waals surface area contributed by atoms with E-state index in [-0.39, 0.29) is 44.8 Å². The summed E-state index contributed by atoms with van der Waals surface area (Å²) in [5.41, 5.74) is 26.3. The van der Waals surface area contributed by atoms with E-state index in [1.165, 1.54) is 140 Å². The van der Waals surface area contributed by atoms with Gasteiger partial charge in [-0.1, -0.05) is 159 Å². The Morgan fingerprint density at radius 2 is 1.07 bits per heavy atom. The molecule has 76 heavy (non-hydrogen) atoms. The molecule has 3 aliphatic carbocycles. The molecule has 9 aromatic rings. The van der Waals surface area contributed by atoms with Crippen LogP contribution in [0.25, 0.3) is 54.3 Å². The van der Waals surface area contributed by atoms with Gasteiger partial charge in [0.15, 0.2) is 0 Å². The van der Waals surface area contributed by atoms with Crippen LogP contribution in [0.2, 0.25) is 0 Å². The molecule has 3 nitrogen and oxygen atoms in total. The average Bonchev–Trinajstić information content (AvgIpc) is 4.14. The van der Waals surface area contributed by atoms with Crippen molar-refractivity contribution in [1.82, 2.24) is 0 Å². The van der Waals surface area contributed by atoms with Crippen molar-refractivity contribution in [2.75, 3.05) is 9.71 Å². The molecule has 4 heterocycles. The zero-order chi connectivity index (χ0) is 53.3. The van der Waals surface area contributed by atoms with Crippen molar-refractivity contribution in [3.8, 4) is 22.3 Å². The highest BCUT2D eigenvalue weighted by molar-refractivity contribution is 7.32. The number of rotatable bonds is 2. The lowest BCUT2D eigenvalue weighted by Crippen LogP contribution is -2.60. The van der Waals surface area contributed by atoms with Gasteiger partial charge >= 0.3 is 6.85 Å². The van der Waals surface area contributed by atoms with E-state index in [4.69, 9.17) is 4.42 Å². The lowest BCUT2D eigenvalue weighted by molar-refractivity contribution is 0.331. The summed E-state index contributed by atoms with van der Waals surface area (Å²) in [5, 5.41) is 3.64. The first-order valence-corrected chi connectivity index (χ1v) is 29.3. The van der Waals surface area contributed by atoms with E-state index in [9.17, 15) is 0 Å². The maximum Gasteiger partial charge on any atom is 0.343 e. The molecule has 0 bridgehead atoms. The van der Waals surface area contributed by atoms with Crippen LogP contribution in [0.4, 0.5) is 28.4 Å². The number of benzene rings is 7. The van der Waals surface area contributed by atoms with Crippen LogP contribution in [-0.2, 0) is 37.9 Å².